The Morgan fingerprint density at radius 1 is 1.00 bits per heavy atom. The Morgan fingerprint density at radius 2 is 1.62 bits per heavy atom. The molecule has 0 radical (unpaired) electrons. The van der Waals surface area contributed by atoms with Gasteiger partial charge in [-0.05, 0) is 74.4 Å². The van der Waals surface area contributed by atoms with Crippen LogP contribution in [0, 0.1) is 23.7 Å². The van der Waals surface area contributed by atoms with Gasteiger partial charge in [-0.1, -0.05) is 0 Å². The second kappa shape index (κ2) is 7.46. The van der Waals surface area contributed by atoms with Crippen molar-refractivity contribution in [1.29, 1.82) is 0 Å². The van der Waals surface area contributed by atoms with E-state index in [4.69, 9.17) is 17.0 Å². The van der Waals surface area contributed by atoms with Crippen LogP contribution < -0.4 is 5.32 Å². The molecule has 0 unspecified atom stereocenters. The molecule has 0 amide bonds. The van der Waals surface area contributed by atoms with Crippen molar-refractivity contribution >= 4 is 17.3 Å². The number of hydrogen-bond donors (Lipinski definition) is 1. The van der Waals surface area contributed by atoms with Crippen LogP contribution in [0.3, 0.4) is 0 Å². The van der Waals surface area contributed by atoms with Crippen LogP contribution in [0.4, 0.5) is 0 Å². The third-order valence-corrected chi connectivity index (χ3v) is 7.40. The van der Waals surface area contributed by atoms with Gasteiger partial charge in [0.2, 0.25) is 0 Å². The van der Waals surface area contributed by atoms with Gasteiger partial charge < -0.3 is 15.0 Å². The molecule has 5 heteroatoms. The Balaban J connectivity index is 1.25. The van der Waals surface area contributed by atoms with Crippen LogP contribution in [-0.2, 0) is 4.74 Å². The topological polar surface area (TPSA) is 27.7 Å². The van der Waals surface area contributed by atoms with E-state index < -0.39 is 0 Å². The number of nitrogens with zero attached hydrogens (tertiary/aromatic N) is 2. The average molecular weight is 352 g/mol. The highest BCUT2D eigenvalue weighted by Crippen LogP contribution is 2.55. The predicted molar refractivity (Wildman–Crippen MR) is 101 cm³/mol. The maximum absolute atomic E-state index is 5.58. The van der Waals surface area contributed by atoms with Gasteiger partial charge in [-0.15, -0.1) is 0 Å². The zero-order chi connectivity index (χ0) is 16.5. The summed E-state index contributed by atoms with van der Waals surface area (Å²) in [6.07, 6.45) is 8.67. The van der Waals surface area contributed by atoms with Crippen LogP contribution in [0.25, 0.3) is 0 Å². The predicted octanol–water partition coefficient (Wildman–Crippen LogP) is 2.34. The van der Waals surface area contributed by atoms with Crippen molar-refractivity contribution in [3.63, 3.8) is 0 Å². The zero-order valence-electron chi connectivity index (χ0n) is 15.1. The molecule has 5 fully saturated rings. The van der Waals surface area contributed by atoms with E-state index in [2.05, 4.69) is 15.1 Å². The first-order chi connectivity index (χ1) is 11.7. The second-order valence-electron chi connectivity index (χ2n) is 8.52. The third-order valence-electron chi connectivity index (χ3n) is 7.00. The van der Waals surface area contributed by atoms with Crippen molar-refractivity contribution in [1.82, 2.24) is 15.1 Å². The summed E-state index contributed by atoms with van der Waals surface area (Å²) in [6.45, 7) is 6.32. The number of methoxy groups -OCH3 is 1. The van der Waals surface area contributed by atoms with Crippen LogP contribution in [0.2, 0.25) is 0 Å². The highest BCUT2D eigenvalue weighted by molar-refractivity contribution is 7.80. The van der Waals surface area contributed by atoms with Crippen LogP contribution in [0.5, 0.6) is 0 Å². The fraction of sp³-hybridized carbons (Fsp3) is 0.947. The molecule has 136 valence electrons. The van der Waals surface area contributed by atoms with Gasteiger partial charge in [0.15, 0.2) is 5.11 Å². The largest absolute Gasteiger partial charge is 0.385 e. The Kier molecular flexibility index (Phi) is 5.30. The first-order valence-corrected chi connectivity index (χ1v) is 10.4. The van der Waals surface area contributed by atoms with Crippen molar-refractivity contribution in [2.75, 3.05) is 46.4 Å². The van der Waals surface area contributed by atoms with E-state index in [0.29, 0.717) is 0 Å². The molecule has 0 aromatic rings. The molecule has 4 aliphatic carbocycles. The van der Waals surface area contributed by atoms with Crippen molar-refractivity contribution in [3.05, 3.63) is 0 Å². The molecule has 5 aliphatic rings. The van der Waals surface area contributed by atoms with E-state index in [0.717, 1.165) is 67.5 Å². The maximum atomic E-state index is 5.58. The van der Waals surface area contributed by atoms with Crippen molar-refractivity contribution < 1.29 is 4.74 Å². The number of ether oxygens (including phenoxy) is 1. The van der Waals surface area contributed by atoms with Crippen molar-refractivity contribution in [3.8, 4) is 0 Å². The normalized spacial score (nSPS) is 38.5. The van der Waals surface area contributed by atoms with E-state index in [1.165, 1.54) is 38.8 Å². The number of piperazine rings is 1. The van der Waals surface area contributed by atoms with Crippen LogP contribution in [0.15, 0.2) is 0 Å². The number of rotatable bonds is 5. The summed E-state index contributed by atoms with van der Waals surface area (Å²) in [5, 5.41) is 4.33. The summed E-state index contributed by atoms with van der Waals surface area (Å²) >= 11 is 5.58. The molecule has 0 aromatic carbocycles. The molecule has 0 aromatic heterocycles. The lowest BCUT2D eigenvalue weighted by atomic mass is 9.54. The van der Waals surface area contributed by atoms with Gasteiger partial charge in [-0.2, -0.15) is 0 Å². The van der Waals surface area contributed by atoms with Crippen LogP contribution in [-0.4, -0.2) is 67.4 Å². The minimum atomic E-state index is 0.801. The van der Waals surface area contributed by atoms with Crippen molar-refractivity contribution in [2.24, 2.45) is 23.7 Å². The van der Waals surface area contributed by atoms with E-state index in [-0.39, 0.29) is 0 Å². The highest BCUT2D eigenvalue weighted by Gasteiger charge is 2.50. The average Bonchev–Trinajstić information content (AvgIpc) is 2.58. The smallest absolute Gasteiger partial charge is 0.169 e. The van der Waals surface area contributed by atoms with Crippen LogP contribution >= 0.6 is 12.2 Å². The standard InChI is InChI=1S/C19H33N3OS/c1-23-8-2-3-20-19(24)22-6-4-21(5-7-22)18-16-10-14-9-15(12-16)13-17(18)11-14/h14-18H,2-13H2,1H3,(H,20,24). The monoisotopic (exact) mass is 351 g/mol. The SMILES string of the molecule is COCCCNC(=S)N1CCN(C2C3CC4CC(C3)CC2C4)CC1. The van der Waals surface area contributed by atoms with E-state index in [1.54, 1.807) is 13.5 Å². The first-order valence-electron chi connectivity index (χ1n) is 10.0. The molecule has 24 heavy (non-hydrogen) atoms. The third kappa shape index (κ3) is 3.45. The van der Waals surface area contributed by atoms with Gasteiger partial charge in [0.1, 0.15) is 0 Å². The molecule has 1 aliphatic heterocycles. The molecule has 4 nitrogen and oxygen atoms in total. The lowest BCUT2D eigenvalue weighted by Crippen LogP contribution is -2.61. The Labute approximate surface area is 152 Å². The molecule has 1 saturated heterocycles. The Hall–Kier alpha value is -0.390. The molecule has 5 rings (SSSR count). The Bertz CT molecular complexity index is 422. The molecule has 1 N–H and O–H groups in total. The van der Waals surface area contributed by atoms with Gasteiger partial charge >= 0.3 is 0 Å². The molecule has 0 atom stereocenters. The first kappa shape index (κ1) is 17.0. The number of thiocarbonyl (C=S) groups is 1. The van der Waals surface area contributed by atoms with E-state index >= 15 is 0 Å². The Morgan fingerprint density at radius 3 is 2.21 bits per heavy atom. The van der Waals surface area contributed by atoms with Gasteiger partial charge in [-0.3, -0.25) is 4.90 Å². The summed E-state index contributed by atoms with van der Waals surface area (Å²) in [5.74, 6) is 4.17. The van der Waals surface area contributed by atoms with Gasteiger partial charge in [0.05, 0.1) is 0 Å². The van der Waals surface area contributed by atoms with Crippen molar-refractivity contribution in [2.45, 2.75) is 44.6 Å². The van der Waals surface area contributed by atoms with Crippen LogP contribution in [0.1, 0.15) is 38.5 Å². The summed E-state index contributed by atoms with van der Waals surface area (Å²) in [5.41, 5.74) is 0. The number of hydrogen-bond acceptors (Lipinski definition) is 3. The molecule has 4 bridgehead atoms. The summed E-state index contributed by atoms with van der Waals surface area (Å²) in [6, 6.07) is 0.892. The molecule has 0 spiro atoms. The second-order valence-corrected chi connectivity index (χ2v) is 8.91. The fourth-order valence-electron chi connectivity index (χ4n) is 6.24. The molecular formula is C19H33N3OS. The van der Waals surface area contributed by atoms with Gasteiger partial charge in [0, 0.05) is 52.5 Å². The highest BCUT2D eigenvalue weighted by atomic mass is 32.1. The zero-order valence-corrected chi connectivity index (χ0v) is 15.9. The molecular weight excluding hydrogens is 318 g/mol. The summed E-state index contributed by atoms with van der Waals surface area (Å²) in [4.78, 5) is 5.20. The quantitative estimate of drug-likeness (QED) is 0.606. The lowest BCUT2D eigenvalue weighted by Gasteiger charge is -2.58. The van der Waals surface area contributed by atoms with E-state index in [9.17, 15) is 0 Å². The lowest BCUT2D eigenvalue weighted by molar-refractivity contribution is -0.0727. The van der Waals surface area contributed by atoms with E-state index in [1.807, 2.05) is 0 Å². The van der Waals surface area contributed by atoms with Gasteiger partial charge in [-0.25, -0.2) is 0 Å². The van der Waals surface area contributed by atoms with Gasteiger partial charge in [0.25, 0.3) is 0 Å². The molecule has 1 heterocycles. The summed E-state index contributed by atoms with van der Waals surface area (Å²) in [7, 11) is 1.75. The maximum Gasteiger partial charge on any atom is 0.169 e. The number of nitrogens with one attached hydrogen (secondary N) is 1. The minimum Gasteiger partial charge on any atom is -0.385 e. The summed E-state index contributed by atoms with van der Waals surface area (Å²) < 4.78 is 5.09. The molecule has 4 saturated carbocycles. The minimum absolute atomic E-state index is 0.801. The fourth-order valence-corrected chi connectivity index (χ4v) is 6.52.